The van der Waals surface area contributed by atoms with Gasteiger partial charge in [-0.3, -0.25) is 4.99 Å². The third-order valence-corrected chi connectivity index (χ3v) is 3.12. The van der Waals surface area contributed by atoms with Crippen LogP contribution in [0.15, 0.2) is 4.99 Å². The Morgan fingerprint density at radius 1 is 1.44 bits per heavy atom. The molecule has 0 saturated heterocycles. The Bertz CT molecular complexity index is 312. The largest absolute Gasteiger partial charge is 0.355 e. The van der Waals surface area contributed by atoms with Crippen molar-refractivity contribution in [3.05, 3.63) is 0 Å². The zero-order chi connectivity index (χ0) is 12.6. The lowest BCUT2D eigenvalue weighted by Gasteiger charge is -2.21. The summed E-state index contributed by atoms with van der Waals surface area (Å²) in [6, 6.07) is 0. The average Bonchev–Trinajstić information content (AvgIpc) is 2.19. The molecule has 16 heavy (non-hydrogen) atoms. The number of hydrogen-bond donors (Lipinski definition) is 1. The molecule has 5 nitrogen and oxygen atoms in total. The van der Waals surface area contributed by atoms with Gasteiger partial charge in [0.1, 0.15) is 9.84 Å². The number of rotatable bonds is 6. The number of nitrogens with one attached hydrogen (secondary N) is 1. The minimum Gasteiger partial charge on any atom is -0.355 e. The zero-order valence-corrected chi connectivity index (χ0v) is 11.5. The van der Waals surface area contributed by atoms with Crippen LogP contribution in [0.25, 0.3) is 0 Å². The van der Waals surface area contributed by atoms with Crippen molar-refractivity contribution in [2.75, 3.05) is 39.2 Å². The molecule has 0 aromatic rings. The summed E-state index contributed by atoms with van der Waals surface area (Å²) in [5, 5.41) is 3.03. The molecular weight excluding hydrogens is 226 g/mol. The monoisotopic (exact) mass is 249 g/mol. The van der Waals surface area contributed by atoms with Crippen molar-refractivity contribution in [3.63, 3.8) is 0 Å². The van der Waals surface area contributed by atoms with Crippen molar-refractivity contribution in [3.8, 4) is 0 Å². The van der Waals surface area contributed by atoms with E-state index in [0.29, 0.717) is 6.54 Å². The van der Waals surface area contributed by atoms with Gasteiger partial charge in [0.05, 0.1) is 5.75 Å². The predicted octanol–water partition coefficient (Wildman–Crippen LogP) is 0.338. The number of sulfone groups is 1. The molecule has 0 rings (SSSR count). The van der Waals surface area contributed by atoms with Gasteiger partial charge in [0.15, 0.2) is 5.96 Å². The minimum absolute atomic E-state index is 0.133. The van der Waals surface area contributed by atoms with Gasteiger partial charge in [-0.1, -0.05) is 13.3 Å². The van der Waals surface area contributed by atoms with Crippen molar-refractivity contribution < 1.29 is 8.42 Å². The fourth-order valence-corrected chi connectivity index (χ4v) is 1.71. The van der Waals surface area contributed by atoms with Gasteiger partial charge in [0.2, 0.25) is 0 Å². The maximum atomic E-state index is 10.9. The molecule has 0 aliphatic heterocycles. The van der Waals surface area contributed by atoms with Gasteiger partial charge in [0.25, 0.3) is 0 Å². The van der Waals surface area contributed by atoms with Crippen molar-refractivity contribution in [1.29, 1.82) is 0 Å². The van der Waals surface area contributed by atoms with E-state index in [1.54, 1.807) is 7.05 Å². The molecule has 0 spiro atoms. The lowest BCUT2D eigenvalue weighted by atomic mass is 10.3. The normalized spacial score (nSPS) is 12.6. The Morgan fingerprint density at radius 2 is 2.06 bits per heavy atom. The molecule has 0 aromatic carbocycles. The second kappa shape index (κ2) is 7.49. The van der Waals surface area contributed by atoms with Crippen molar-refractivity contribution in [2.24, 2.45) is 4.99 Å². The average molecular weight is 249 g/mol. The van der Waals surface area contributed by atoms with E-state index in [1.807, 2.05) is 11.9 Å². The SMILES string of the molecule is CCCCN(C)C(=NC)NCCS(C)(=O)=O. The van der Waals surface area contributed by atoms with E-state index in [0.717, 1.165) is 25.3 Å². The van der Waals surface area contributed by atoms with Crippen LogP contribution in [0.1, 0.15) is 19.8 Å². The second-order valence-electron chi connectivity index (χ2n) is 3.88. The summed E-state index contributed by atoms with van der Waals surface area (Å²) >= 11 is 0. The third-order valence-electron chi connectivity index (χ3n) is 2.18. The van der Waals surface area contributed by atoms with Gasteiger partial charge in [-0.05, 0) is 6.42 Å². The van der Waals surface area contributed by atoms with Crippen LogP contribution in [-0.4, -0.2) is 58.5 Å². The van der Waals surface area contributed by atoms with Gasteiger partial charge >= 0.3 is 0 Å². The Morgan fingerprint density at radius 3 is 2.50 bits per heavy atom. The summed E-state index contributed by atoms with van der Waals surface area (Å²) in [6.07, 6.45) is 3.46. The molecule has 0 aromatic heterocycles. The second-order valence-corrected chi connectivity index (χ2v) is 6.14. The summed E-state index contributed by atoms with van der Waals surface area (Å²) in [7, 11) is 0.743. The molecule has 0 atom stereocenters. The highest BCUT2D eigenvalue weighted by Gasteiger charge is 2.06. The lowest BCUT2D eigenvalue weighted by Crippen LogP contribution is -2.41. The molecule has 0 unspecified atom stereocenters. The van der Waals surface area contributed by atoms with E-state index in [-0.39, 0.29) is 5.75 Å². The van der Waals surface area contributed by atoms with Crippen LogP contribution >= 0.6 is 0 Å². The molecule has 6 heteroatoms. The molecule has 1 N–H and O–H groups in total. The lowest BCUT2D eigenvalue weighted by molar-refractivity contribution is 0.466. The van der Waals surface area contributed by atoms with Crippen molar-refractivity contribution in [2.45, 2.75) is 19.8 Å². The molecule has 0 saturated carbocycles. The highest BCUT2D eigenvalue weighted by atomic mass is 32.2. The van der Waals surface area contributed by atoms with Gasteiger partial charge in [-0.2, -0.15) is 0 Å². The number of nitrogens with zero attached hydrogens (tertiary/aromatic N) is 2. The fraction of sp³-hybridized carbons (Fsp3) is 0.900. The number of hydrogen-bond acceptors (Lipinski definition) is 3. The first-order valence-electron chi connectivity index (χ1n) is 5.50. The quantitative estimate of drug-likeness (QED) is 0.544. The van der Waals surface area contributed by atoms with Crippen LogP contribution in [0, 0.1) is 0 Å². The van der Waals surface area contributed by atoms with Gasteiger partial charge in [0, 0.05) is 33.4 Å². The summed E-state index contributed by atoms with van der Waals surface area (Å²) in [5.74, 6) is 0.880. The summed E-state index contributed by atoms with van der Waals surface area (Å²) in [6.45, 7) is 3.46. The molecule has 0 amide bonds. The first-order chi connectivity index (χ1) is 7.40. The van der Waals surface area contributed by atoms with E-state index in [4.69, 9.17) is 0 Å². The van der Waals surface area contributed by atoms with Gasteiger partial charge < -0.3 is 10.2 Å². The summed E-state index contributed by atoms with van der Waals surface area (Å²) < 4.78 is 21.9. The highest BCUT2D eigenvalue weighted by molar-refractivity contribution is 7.90. The molecule has 0 radical (unpaired) electrons. The number of unbranched alkanes of at least 4 members (excludes halogenated alkanes) is 1. The maximum absolute atomic E-state index is 10.9. The Balaban J connectivity index is 4.02. The van der Waals surface area contributed by atoms with Crippen molar-refractivity contribution >= 4 is 15.8 Å². The van der Waals surface area contributed by atoms with E-state index in [9.17, 15) is 8.42 Å². The fourth-order valence-electron chi connectivity index (χ4n) is 1.23. The third kappa shape index (κ3) is 7.50. The maximum Gasteiger partial charge on any atom is 0.193 e. The first kappa shape index (κ1) is 15.2. The highest BCUT2D eigenvalue weighted by Crippen LogP contribution is 1.92. The number of guanidine groups is 1. The smallest absolute Gasteiger partial charge is 0.193 e. The molecule has 0 heterocycles. The standard InChI is InChI=1S/C10H23N3O2S/c1-5-6-8-13(3)10(11-2)12-7-9-16(4,14)15/h5-9H2,1-4H3,(H,11,12). The van der Waals surface area contributed by atoms with E-state index in [1.165, 1.54) is 6.26 Å². The minimum atomic E-state index is -2.91. The van der Waals surface area contributed by atoms with E-state index >= 15 is 0 Å². The molecular formula is C10H23N3O2S. The van der Waals surface area contributed by atoms with Crippen molar-refractivity contribution in [1.82, 2.24) is 10.2 Å². The van der Waals surface area contributed by atoms with Crippen LogP contribution in [0.2, 0.25) is 0 Å². The molecule has 96 valence electrons. The van der Waals surface area contributed by atoms with E-state index in [2.05, 4.69) is 17.2 Å². The van der Waals surface area contributed by atoms with Crippen LogP contribution in [0.3, 0.4) is 0 Å². The Hall–Kier alpha value is -0.780. The molecule has 0 aliphatic rings. The summed E-state index contributed by atoms with van der Waals surface area (Å²) in [5.41, 5.74) is 0. The zero-order valence-electron chi connectivity index (χ0n) is 10.7. The molecule has 0 fully saturated rings. The molecule has 0 aliphatic carbocycles. The Kier molecular flexibility index (Phi) is 7.12. The summed E-state index contributed by atoms with van der Waals surface area (Å²) in [4.78, 5) is 6.10. The number of aliphatic imine (C=N–C) groups is 1. The Labute approximate surface area is 98.9 Å². The van der Waals surface area contributed by atoms with Crippen LogP contribution < -0.4 is 5.32 Å². The van der Waals surface area contributed by atoms with Gasteiger partial charge in [-0.25, -0.2) is 8.42 Å². The topological polar surface area (TPSA) is 61.8 Å². The van der Waals surface area contributed by atoms with Crippen LogP contribution in [0.4, 0.5) is 0 Å². The predicted molar refractivity (Wildman–Crippen MR) is 68.6 cm³/mol. The van der Waals surface area contributed by atoms with E-state index < -0.39 is 9.84 Å². The van der Waals surface area contributed by atoms with Crippen LogP contribution in [-0.2, 0) is 9.84 Å². The first-order valence-corrected chi connectivity index (χ1v) is 7.56. The van der Waals surface area contributed by atoms with Gasteiger partial charge in [-0.15, -0.1) is 0 Å². The molecule has 0 bridgehead atoms. The van der Waals surface area contributed by atoms with Crippen LogP contribution in [0.5, 0.6) is 0 Å².